The Morgan fingerprint density at radius 2 is 1.76 bits per heavy atom. The first-order valence-corrected chi connectivity index (χ1v) is 10.9. The van der Waals surface area contributed by atoms with Crippen molar-refractivity contribution >= 4 is 16.7 Å². The minimum Gasteiger partial charge on any atom is -0.506 e. The van der Waals surface area contributed by atoms with Crippen LogP contribution in [0.5, 0.6) is 5.75 Å². The largest absolute Gasteiger partial charge is 0.506 e. The zero-order chi connectivity index (χ0) is 23.3. The average molecular weight is 448 g/mol. The molecule has 170 valence electrons. The predicted octanol–water partition coefficient (Wildman–Crippen LogP) is 3.47. The number of rotatable bonds is 3. The van der Waals surface area contributed by atoms with E-state index in [1.54, 1.807) is 30.2 Å². The van der Waals surface area contributed by atoms with Crippen LogP contribution in [0.4, 0.5) is 10.2 Å². The zero-order valence-corrected chi connectivity index (χ0v) is 19.1. The third kappa shape index (κ3) is 3.89. The minimum absolute atomic E-state index is 0.0388. The number of likely N-dealkylation sites (N-methyl/N-ethyl adjacent to an activating group) is 1. The van der Waals surface area contributed by atoms with Gasteiger partial charge >= 0.3 is 0 Å². The Bertz CT molecular complexity index is 1310. The molecule has 0 spiro atoms. The van der Waals surface area contributed by atoms with Crippen LogP contribution in [-0.4, -0.2) is 67.2 Å². The molecule has 0 saturated carbocycles. The topological polar surface area (TPSA) is 83.2 Å². The standard InChI is InChI=1S/C24H26FN7O/c1-14-11-32(12-15(2)31(14)4)22-6-5-20(27-28-22)24-21(33)9-17(10-26-24)16-7-18-13-30(3)29-23(18)19(25)8-16/h5-10,13-15,33H,11-12H2,1-4H3/t14-,15?/m0/s1. The number of piperazine rings is 1. The van der Waals surface area contributed by atoms with Crippen molar-refractivity contribution in [3.05, 3.63) is 48.5 Å². The smallest absolute Gasteiger partial charge is 0.151 e. The predicted molar refractivity (Wildman–Crippen MR) is 125 cm³/mol. The average Bonchev–Trinajstić information content (AvgIpc) is 3.18. The number of fused-ring (bicyclic) bond motifs is 1. The lowest BCUT2D eigenvalue weighted by atomic mass is 10.0. The third-order valence-electron chi connectivity index (χ3n) is 6.45. The molecular weight excluding hydrogens is 421 g/mol. The van der Waals surface area contributed by atoms with E-state index in [-0.39, 0.29) is 5.75 Å². The van der Waals surface area contributed by atoms with Crippen LogP contribution in [0.15, 0.2) is 42.7 Å². The van der Waals surface area contributed by atoms with Crippen LogP contribution < -0.4 is 4.90 Å². The Morgan fingerprint density at radius 3 is 2.42 bits per heavy atom. The van der Waals surface area contributed by atoms with Gasteiger partial charge in [0.25, 0.3) is 0 Å². The normalized spacial score (nSPS) is 19.4. The van der Waals surface area contributed by atoms with E-state index in [9.17, 15) is 9.50 Å². The lowest BCUT2D eigenvalue weighted by Gasteiger charge is -2.42. The van der Waals surface area contributed by atoms with Crippen molar-refractivity contribution in [3.63, 3.8) is 0 Å². The Kier molecular flexibility index (Phi) is 5.20. The Hall–Kier alpha value is -3.59. The summed E-state index contributed by atoms with van der Waals surface area (Å²) in [4.78, 5) is 8.99. The second-order valence-electron chi connectivity index (χ2n) is 8.84. The third-order valence-corrected chi connectivity index (χ3v) is 6.45. The van der Waals surface area contributed by atoms with Crippen molar-refractivity contribution < 1.29 is 9.50 Å². The Morgan fingerprint density at radius 1 is 1.00 bits per heavy atom. The molecule has 8 nitrogen and oxygen atoms in total. The molecule has 0 amide bonds. The van der Waals surface area contributed by atoms with Crippen molar-refractivity contribution in [2.45, 2.75) is 25.9 Å². The highest BCUT2D eigenvalue weighted by molar-refractivity contribution is 5.85. The molecule has 1 aromatic carbocycles. The van der Waals surface area contributed by atoms with Crippen LogP contribution in [0.2, 0.25) is 0 Å². The first kappa shape index (κ1) is 21.3. The van der Waals surface area contributed by atoms with E-state index in [1.165, 1.54) is 6.07 Å². The van der Waals surface area contributed by atoms with E-state index in [0.29, 0.717) is 45.5 Å². The molecule has 0 aliphatic carbocycles. The minimum atomic E-state index is -0.416. The highest BCUT2D eigenvalue weighted by Gasteiger charge is 2.27. The second kappa shape index (κ2) is 8.08. The van der Waals surface area contributed by atoms with Gasteiger partial charge < -0.3 is 10.0 Å². The lowest BCUT2D eigenvalue weighted by molar-refractivity contribution is 0.169. The molecular formula is C24H26FN7O. The number of halogens is 1. The summed E-state index contributed by atoms with van der Waals surface area (Å²) in [5, 5.41) is 24.2. The van der Waals surface area contributed by atoms with E-state index >= 15 is 0 Å². The number of nitrogens with zero attached hydrogens (tertiary/aromatic N) is 7. The fraction of sp³-hybridized carbons (Fsp3) is 0.333. The van der Waals surface area contributed by atoms with E-state index in [1.807, 2.05) is 18.2 Å². The molecule has 1 N–H and O–H groups in total. The van der Waals surface area contributed by atoms with Crippen molar-refractivity contribution in [1.29, 1.82) is 0 Å². The molecule has 1 fully saturated rings. The Balaban J connectivity index is 1.41. The maximum Gasteiger partial charge on any atom is 0.151 e. The van der Waals surface area contributed by atoms with Gasteiger partial charge in [0.2, 0.25) is 0 Å². The van der Waals surface area contributed by atoms with Gasteiger partial charge in [0.1, 0.15) is 22.7 Å². The molecule has 1 aliphatic rings. The van der Waals surface area contributed by atoms with Crippen LogP contribution in [-0.2, 0) is 7.05 Å². The van der Waals surface area contributed by atoms with Crippen LogP contribution in [0, 0.1) is 5.82 Å². The molecule has 1 saturated heterocycles. The molecule has 9 heteroatoms. The lowest BCUT2D eigenvalue weighted by Crippen LogP contribution is -2.55. The maximum atomic E-state index is 14.5. The van der Waals surface area contributed by atoms with Crippen LogP contribution in [0.25, 0.3) is 33.4 Å². The van der Waals surface area contributed by atoms with Gasteiger partial charge in [-0.3, -0.25) is 9.58 Å². The molecule has 33 heavy (non-hydrogen) atoms. The van der Waals surface area contributed by atoms with Gasteiger partial charge in [-0.1, -0.05) is 0 Å². The fourth-order valence-corrected chi connectivity index (χ4v) is 4.40. The first-order chi connectivity index (χ1) is 15.8. The van der Waals surface area contributed by atoms with Crippen molar-refractivity contribution in [2.24, 2.45) is 7.05 Å². The molecule has 0 bridgehead atoms. The number of aromatic nitrogens is 5. The van der Waals surface area contributed by atoms with Crippen LogP contribution in [0.1, 0.15) is 13.8 Å². The number of aryl methyl sites for hydroxylation is 1. The summed E-state index contributed by atoms with van der Waals surface area (Å²) in [6, 6.07) is 9.37. The number of hydrogen-bond acceptors (Lipinski definition) is 7. The second-order valence-corrected chi connectivity index (χ2v) is 8.84. The van der Waals surface area contributed by atoms with Crippen molar-refractivity contribution in [1.82, 2.24) is 29.9 Å². The van der Waals surface area contributed by atoms with Gasteiger partial charge in [-0.25, -0.2) is 9.37 Å². The SMILES string of the molecule is CC1CN(c2ccc(-c3ncc(-c4cc(F)c5nn(C)cc5c4)cc3O)nn2)C[C@H](C)N1C. The van der Waals surface area contributed by atoms with E-state index in [2.05, 4.69) is 51.0 Å². The summed E-state index contributed by atoms with van der Waals surface area (Å²) >= 11 is 0. The summed E-state index contributed by atoms with van der Waals surface area (Å²) in [5.74, 6) is 0.352. The van der Waals surface area contributed by atoms with E-state index in [0.717, 1.165) is 18.9 Å². The molecule has 1 unspecified atom stereocenters. The van der Waals surface area contributed by atoms with Gasteiger partial charge in [0.05, 0.1) is 0 Å². The molecule has 1 aliphatic heterocycles. The van der Waals surface area contributed by atoms with E-state index in [4.69, 9.17) is 0 Å². The fourth-order valence-electron chi connectivity index (χ4n) is 4.40. The summed E-state index contributed by atoms with van der Waals surface area (Å²) in [7, 11) is 3.89. The summed E-state index contributed by atoms with van der Waals surface area (Å²) in [6.45, 7) is 6.16. The number of pyridine rings is 1. The van der Waals surface area contributed by atoms with Gasteiger partial charge in [0.15, 0.2) is 11.6 Å². The molecule has 4 heterocycles. The van der Waals surface area contributed by atoms with Crippen LogP contribution in [0.3, 0.4) is 0 Å². The maximum absolute atomic E-state index is 14.5. The molecule has 4 aromatic rings. The summed E-state index contributed by atoms with van der Waals surface area (Å²) in [5.41, 5.74) is 2.34. The molecule has 2 atom stereocenters. The van der Waals surface area contributed by atoms with Crippen molar-refractivity contribution in [2.75, 3.05) is 25.0 Å². The number of anilines is 1. The summed E-state index contributed by atoms with van der Waals surface area (Å²) < 4.78 is 16.0. The molecule has 0 radical (unpaired) electrons. The van der Waals surface area contributed by atoms with E-state index < -0.39 is 5.82 Å². The number of benzene rings is 1. The van der Waals surface area contributed by atoms with Crippen LogP contribution >= 0.6 is 0 Å². The zero-order valence-electron chi connectivity index (χ0n) is 19.1. The number of aromatic hydroxyl groups is 1. The highest BCUT2D eigenvalue weighted by Crippen LogP contribution is 2.32. The Labute approximate surface area is 191 Å². The highest BCUT2D eigenvalue weighted by atomic mass is 19.1. The summed E-state index contributed by atoms with van der Waals surface area (Å²) in [6.07, 6.45) is 3.36. The van der Waals surface area contributed by atoms with Gasteiger partial charge in [0, 0.05) is 55.6 Å². The first-order valence-electron chi connectivity index (χ1n) is 10.9. The molecule has 5 rings (SSSR count). The van der Waals surface area contributed by atoms with Crippen molar-refractivity contribution in [3.8, 4) is 28.3 Å². The van der Waals surface area contributed by atoms with Gasteiger partial charge in [-0.05, 0) is 56.8 Å². The number of hydrogen-bond donors (Lipinski definition) is 1. The van der Waals surface area contributed by atoms with Gasteiger partial charge in [-0.2, -0.15) is 5.10 Å². The van der Waals surface area contributed by atoms with Gasteiger partial charge in [-0.15, -0.1) is 10.2 Å². The quantitative estimate of drug-likeness (QED) is 0.515. The monoisotopic (exact) mass is 447 g/mol. The molecule has 3 aromatic heterocycles.